The van der Waals surface area contributed by atoms with Crippen molar-refractivity contribution in [2.45, 2.75) is 13.0 Å². The molecule has 0 fully saturated rings. The molecule has 0 aromatic heterocycles. The van der Waals surface area contributed by atoms with Crippen LogP contribution in [0, 0.1) is 0 Å². The molecule has 0 aliphatic heterocycles. The second-order valence-corrected chi connectivity index (χ2v) is 0.995. The number of hydrogen-bond donors (Lipinski definition) is 1. The SMILES string of the molecule is CC(O)C(=O)[O-].[Ba+2].[Ti+2]. The monoisotopic (exact) mass is 275 g/mol. The van der Waals surface area contributed by atoms with Crippen LogP contribution in [0.2, 0.25) is 0 Å². The van der Waals surface area contributed by atoms with Crippen molar-refractivity contribution in [2.24, 2.45) is 0 Å². The summed E-state index contributed by atoms with van der Waals surface area (Å²) >= 11 is 0. The normalized spacial score (nSPS) is 10.2. The Labute approximate surface area is 103 Å². The summed E-state index contributed by atoms with van der Waals surface area (Å²) in [7, 11) is 0. The zero-order valence-electron chi connectivity index (χ0n) is 4.55. The van der Waals surface area contributed by atoms with Gasteiger partial charge >= 0.3 is 70.6 Å². The molecule has 0 bridgehead atoms. The van der Waals surface area contributed by atoms with Gasteiger partial charge in [-0.1, -0.05) is 0 Å². The van der Waals surface area contributed by atoms with Crippen molar-refractivity contribution in [3.8, 4) is 0 Å². The van der Waals surface area contributed by atoms with Crippen LogP contribution >= 0.6 is 0 Å². The van der Waals surface area contributed by atoms with E-state index in [0.29, 0.717) is 0 Å². The molecule has 0 aliphatic rings. The quantitative estimate of drug-likeness (QED) is 0.549. The van der Waals surface area contributed by atoms with Crippen LogP contribution < -0.4 is 5.11 Å². The number of aliphatic carboxylic acids is 1. The minimum atomic E-state index is -1.44. The second kappa shape index (κ2) is 8.72. The minimum absolute atomic E-state index is 0. The molecule has 38 valence electrons. The van der Waals surface area contributed by atoms with Gasteiger partial charge in [0.1, 0.15) is 0 Å². The number of carboxylic acids is 1. The standard InChI is InChI=1S/C3H6O3.Ba.Ti/c1-2(4)3(5)6;;/h2,4H,1H3,(H,5,6);;/q;2*+2/p-1. The summed E-state index contributed by atoms with van der Waals surface area (Å²) in [4.78, 5) is 9.34. The molecular weight excluding hydrogens is 269 g/mol. The predicted molar refractivity (Wildman–Crippen MR) is 22.4 cm³/mol. The van der Waals surface area contributed by atoms with Crippen molar-refractivity contribution >= 4 is 54.9 Å². The van der Waals surface area contributed by atoms with E-state index in [0.717, 1.165) is 6.92 Å². The topological polar surface area (TPSA) is 60.4 Å². The van der Waals surface area contributed by atoms with Gasteiger partial charge < -0.3 is 15.0 Å². The van der Waals surface area contributed by atoms with E-state index in [1.54, 1.807) is 0 Å². The Bertz CT molecular complexity index is 65.5. The molecule has 1 unspecified atom stereocenters. The fourth-order valence-electron chi connectivity index (χ4n) is 0. The molecule has 0 aliphatic carbocycles. The fourth-order valence-corrected chi connectivity index (χ4v) is 0. The Morgan fingerprint density at radius 2 is 1.88 bits per heavy atom. The molecule has 1 atom stereocenters. The van der Waals surface area contributed by atoms with Crippen LogP contribution in [0.1, 0.15) is 6.92 Å². The number of hydrogen-bond acceptors (Lipinski definition) is 3. The molecule has 5 heteroatoms. The number of carbonyl (C=O) groups excluding carboxylic acids is 1. The van der Waals surface area contributed by atoms with Crippen LogP contribution in [0.15, 0.2) is 0 Å². The number of rotatable bonds is 1. The van der Waals surface area contributed by atoms with E-state index in [1.165, 1.54) is 0 Å². The van der Waals surface area contributed by atoms with Gasteiger partial charge in [-0.25, -0.2) is 0 Å². The van der Waals surface area contributed by atoms with E-state index >= 15 is 0 Å². The molecular formula is C3H5BaO3Ti+3. The largest absolute Gasteiger partial charge is 2.00 e. The van der Waals surface area contributed by atoms with Crippen molar-refractivity contribution in [1.29, 1.82) is 0 Å². The summed E-state index contributed by atoms with van der Waals surface area (Å²) in [6.45, 7) is 1.13. The van der Waals surface area contributed by atoms with E-state index in [4.69, 9.17) is 5.11 Å². The zero-order valence-corrected chi connectivity index (χ0v) is 10.6. The van der Waals surface area contributed by atoms with Gasteiger partial charge in [-0.2, -0.15) is 0 Å². The minimum Gasteiger partial charge on any atom is -0.547 e. The van der Waals surface area contributed by atoms with Crippen LogP contribution in [0.4, 0.5) is 0 Å². The third-order valence-corrected chi connectivity index (χ3v) is 0.341. The summed E-state index contributed by atoms with van der Waals surface area (Å²) < 4.78 is 0. The Hall–Kier alpha value is 1.72. The van der Waals surface area contributed by atoms with Crippen molar-refractivity contribution in [3.05, 3.63) is 0 Å². The van der Waals surface area contributed by atoms with Crippen molar-refractivity contribution in [2.75, 3.05) is 0 Å². The molecule has 0 radical (unpaired) electrons. The van der Waals surface area contributed by atoms with Gasteiger partial charge in [0.25, 0.3) is 0 Å². The number of aliphatic hydroxyl groups is 1. The van der Waals surface area contributed by atoms with Gasteiger partial charge in [0.2, 0.25) is 0 Å². The Balaban J connectivity index is -0.000000125. The molecule has 0 saturated heterocycles. The maximum Gasteiger partial charge on any atom is 2.00 e. The average Bonchev–Trinajstić information content (AvgIpc) is 1.36. The third kappa shape index (κ3) is 10.7. The summed E-state index contributed by atoms with van der Waals surface area (Å²) in [6.07, 6.45) is -1.34. The Kier molecular flexibility index (Phi) is 17.8. The number of carboxylic acid groups (broad SMARTS) is 1. The van der Waals surface area contributed by atoms with E-state index in [-0.39, 0.29) is 70.6 Å². The van der Waals surface area contributed by atoms with Crippen LogP contribution in [-0.2, 0) is 26.5 Å². The summed E-state index contributed by atoms with van der Waals surface area (Å²) in [6, 6.07) is 0. The molecule has 0 amide bonds. The first-order valence-electron chi connectivity index (χ1n) is 1.53. The van der Waals surface area contributed by atoms with E-state index in [9.17, 15) is 9.90 Å². The molecule has 0 rings (SSSR count). The third-order valence-electron chi connectivity index (χ3n) is 0.341. The molecule has 8 heavy (non-hydrogen) atoms. The Morgan fingerprint density at radius 1 is 1.75 bits per heavy atom. The molecule has 0 spiro atoms. The van der Waals surface area contributed by atoms with E-state index in [1.807, 2.05) is 0 Å². The molecule has 1 N–H and O–H groups in total. The predicted octanol–water partition coefficient (Wildman–Crippen LogP) is -2.27. The van der Waals surface area contributed by atoms with Gasteiger partial charge in [0, 0.05) is 0 Å². The first-order valence-corrected chi connectivity index (χ1v) is 1.53. The van der Waals surface area contributed by atoms with E-state index in [2.05, 4.69) is 0 Å². The number of carbonyl (C=O) groups is 1. The van der Waals surface area contributed by atoms with Crippen LogP contribution in [0.5, 0.6) is 0 Å². The van der Waals surface area contributed by atoms with Gasteiger partial charge in [-0.15, -0.1) is 0 Å². The summed E-state index contributed by atoms with van der Waals surface area (Å²) in [5, 5.41) is 17.3. The number of aliphatic hydroxyl groups excluding tert-OH is 1. The molecule has 0 heterocycles. The molecule has 0 saturated carbocycles. The van der Waals surface area contributed by atoms with Gasteiger partial charge in [-0.3, -0.25) is 0 Å². The van der Waals surface area contributed by atoms with Crippen LogP contribution in [0.25, 0.3) is 0 Å². The van der Waals surface area contributed by atoms with Crippen LogP contribution in [0.3, 0.4) is 0 Å². The molecule has 0 aromatic carbocycles. The summed E-state index contributed by atoms with van der Waals surface area (Å²) in [5.41, 5.74) is 0. The first-order chi connectivity index (χ1) is 2.64. The average molecular weight is 274 g/mol. The maximum absolute atomic E-state index is 9.34. The Morgan fingerprint density at radius 3 is 1.88 bits per heavy atom. The first kappa shape index (κ1) is 16.4. The van der Waals surface area contributed by atoms with Gasteiger partial charge in [0.15, 0.2) is 0 Å². The molecule has 3 nitrogen and oxygen atoms in total. The van der Waals surface area contributed by atoms with Crippen LogP contribution in [-0.4, -0.2) is 66.1 Å². The maximum atomic E-state index is 9.34. The smallest absolute Gasteiger partial charge is 0.547 e. The van der Waals surface area contributed by atoms with Crippen molar-refractivity contribution < 1.29 is 36.7 Å². The summed E-state index contributed by atoms with van der Waals surface area (Å²) in [5.74, 6) is -1.44. The van der Waals surface area contributed by atoms with E-state index < -0.39 is 12.1 Å². The second-order valence-electron chi connectivity index (χ2n) is 0.995. The van der Waals surface area contributed by atoms with Crippen molar-refractivity contribution in [1.82, 2.24) is 0 Å². The van der Waals surface area contributed by atoms with Crippen molar-refractivity contribution in [3.63, 3.8) is 0 Å². The molecule has 0 aromatic rings. The zero-order chi connectivity index (χ0) is 5.15. The van der Waals surface area contributed by atoms with Gasteiger partial charge in [0.05, 0.1) is 12.1 Å². The van der Waals surface area contributed by atoms with Gasteiger partial charge in [-0.05, 0) is 6.92 Å². The fraction of sp³-hybridized carbons (Fsp3) is 0.667.